The average molecular weight is 528 g/mol. The Balaban J connectivity index is 1.60. The zero-order chi connectivity index (χ0) is 27.5. The van der Waals surface area contributed by atoms with Crippen LogP contribution >= 0.6 is 0 Å². The number of Topliss-reactive ketones (excluding diaryl/α,β-unsaturated/α-hetero) is 1. The normalized spacial score (nSPS) is 14.7. The molecule has 2 heterocycles. The molecule has 0 saturated heterocycles. The first kappa shape index (κ1) is 26.3. The van der Waals surface area contributed by atoms with E-state index in [4.69, 9.17) is 0 Å². The summed E-state index contributed by atoms with van der Waals surface area (Å²) in [4.78, 5) is 42.0. The number of nitrogens with zero attached hydrogens (tertiary/aromatic N) is 6. The highest BCUT2D eigenvalue weighted by Gasteiger charge is 2.36. The quantitative estimate of drug-likeness (QED) is 0.348. The summed E-state index contributed by atoms with van der Waals surface area (Å²) in [6, 6.07) is 13.3. The predicted octanol–water partition coefficient (Wildman–Crippen LogP) is 3.90. The summed E-state index contributed by atoms with van der Waals surface area (Å²) >= 11 is 0. The van der Waals surface area contributed by atoms with Crippen LogP contribution in [-0.2, 0) is 23.2 Å². The summed E-state index contributed by atoms with van der Waals surface area (Å²) < 4.78 is 3.18. The Morgan fingerprint density at radius 2 is 1.85 bits per heavy atom. The van der Waals surface area contributed by atoms with Gasteiger partial charge in [0, 0.05) is 36.1 Å². The molecule has 10 nitrogen and oxygen atoms in total. The molecule has 1 saturated carbocycles. The highest BCUT2D eigenvalue weighted by Crippen LogP contribution is 2.32. The molecule has 1 aliphatic carbocycles. The number of benzene rings is 2. The number of rotatable bonds is 8. The molecular formula is C29H33N7O3. The van der Waals surface area contributed by atoms with Crippen molar-refractivity contribution in [3.63, 3.8) is 0 Å². The van der Waals surface area contributed by atoms with E-state index in [1.165, 1.54) is 16.5 Å². The van der Waals surface area contributed by atoms with Crippen molar-refractivity contribution in [3.05, 3.63) is 71.5 Å². The van der Waals surface area contributed by atoms with E-state index in [0.717, 1.165) is 32.1 Å². The van der Waals surface area contributed by atoms with Crippen molar-refractivity contribution < 1.29 is 14.4 Å². The summed E-state index contributed by atoms with van der Waals surface area (Å²) in [5, 5.41) is 16.1. The highest BCUT2D eigenvalue weighted by molar-refractivity contribution is 6.03. The number of hydrogen-bond donors (Lipinski definition) is 1. The molecule has 2 amide bonds. The van der Waals surface area contributed by atoms with Crippen molar-refractivity contribution >= 4 is 34.3 Å². The number of fused-ring (bicyclic) bond motifs is 1. The Hall–Kier alpha value is -4.34. The van der Waals surface area contributed by atoms with Gasteiger partial charge in [-0.15, -0.1) is 5.10 Å². The predicted molar refractivity (Wildman–Crippen MR) is 147 cm³/mol. The number of anilines is 1. The standard InChI is InChI=1S/C29H33N7O3/c1-19-24(17-34(3)32-19)28(29(39)30-22-11-5-4-6-12-22)36(23-13-9-10-21(16-23)20(2)37)27(38)18-35-26-15-8-7-14-25(26)31-33-35/h7-10,13-17,22,28H,4-6,11-12,18H2,1-3H3,(H,30,39)/t28-/m1/s1. The second-order valence-electron chi connectivity index (χ2n) is 10.2. The van der Waals surface area contributed by atoms with Crippen LogP contribution in [0.5, 0.6) is 0 Å². The van der Waals surface area contributed by atoms with Crippen LogP contribution in [-0.4, -0.2) is 48.4 Å². The van der Waals surface area contributed by atoms with E-state index in [1.54, 1.807) is 42.2 Å². The fraction of sp³-hybridized carbons (Fsp3) is 0.379. The van der Waals surface area contributed by atoms with E-state index in [-0.39, 0.29) is 30.2 Å². The van der Waals surface area contributed by atoms with Gasteiger partial charge in [-0.25, -0.2) is 4.68 Å². The van der Waals surface area contributed by atoms with Crippen LogP contribution in [0, 0.1) is 6.92 Å². The van der Waals surface area contributed by atoms with Gasteiger partial charge < -0.3 is 5.32 Å². The molecule has 0 spiro atoms. The first-order chi connectivity index (χ1) is 18.8. The van der Waals surface area contributed by atoms with Gasteiger partial charge in [0.1, 0.15) is 18.1 Å². The van der Waals surface area contributed by atoms with E-state index in [9.17, 15) is 14.4 Å². The van der Waals surface area contributed by atoms with Crippen LogP contribution < -0.4 is 10.2 Å². The Labute approximate surface area is 227 Å². The largest absolute Gasteiger partial charge is 0.351 e. The minimum absolute atomic E-state index is 0.0468. The molecule has 39 heavy (non-hydrogen) atoms. The third-order valence-electron chi connectivity index (χ3n) is 7.31. The van der Waals surface area contributed by atoms with Crippen molar-refractivity contribution in [2.75, 3.05) is 4.90 Å². The maximum Gasteiger partial charge on any atom is 0.249 e. The van der Waals surface area contributed by atoms with Gasteiger partial charge in [0.25, 0.3) is 0 Å². The van der Waals surface area contributed by atoms with Crippen molar-refractivity contribution in [1.29, 1.82) is 0 Å². The van der Waals surface area contributed by atoms with Gasteiger partial charge in [0.15, 0.2) is 5.78 Å². The molecule has 2 aromatic carbocycles. The Morgan fingerprint density at radius 1 is 1.08 bits per heavy atom. The van der Waals surface area contributed by atoms with Crippen molar-refractivity contribution in [2.24, 2.45) is 7.05 Å². The minimum atomic E-state index is -0.995. The fourth-order valence-electron chi connectivity index (χ4n) is 5.36. The number of aromatic nitrogens is 5. The SMILES string of the molecule is CC(=O)c1cccc(N(C(=O)Cn2nnc3ccccc32)[C@@H](C(=O)NC2CCCCC2)c2cn(C)nc2C)c1. The van der Waals surface area contributed by atoms with Gasteiger partial charge in [-0.3, -0.25) is 24.0 Å². The molecule has 4 aromatic rings. The van der Waals surface area contributed by atoms with Gasteiger partial charge in [-0.1, -0.05) is 48.7 Å². The lowest BCUT2D eigenvalue weighted by Gasteiger charge is -2.33. The highest BCUT2D eigenvalue weighted by atomic mass is 16.2. The van der Waals surface area contributed by atoms with Crippen LogP contribution in [0.15, 0.2) is 54.7 Å². The lowest BCUT2D eigenvalue weighted by atomic mass is 9.94. The Bertz CT molecular complexity index is 1520. The summed E-state index contributed by atoms with van der Waals surface area (Å²) in [5.74, 6) is -0.770. The molecule has 0 unspecified atom stereocenters. The van der Waals surface area contributed by atoms with Crippen LogP contribution in [0.3, 0.4) is 0 Å². The molecule has 0 bridgehead atoms. The van der Waals surface area contributed by atoms with E-state index in [1.807, 2.05) is 31.2 Å². The number of carbonyl (C=O) groups excluding carboxylic acids is 3. The maximum atomic E-state index is 14.2. The maximum absolute atomic E-state index is 14.2. The Morgan fingerprint density at radius 3 is 2.56 bits per heavy atom. The number of ketones is 1. The van der Waals surface area contributed by atoms with Gasteiger partial charge in [0.05, 0.1) is 11.2 Å². The van der Waals surface area contributed by atoms with E-state index in [0.29, 0.717) is 33.5 Å². The number of aryl methyl sites for hydroxylation is 2. The Kier molecular flexibility index (Phi) is 7.53. The third-order valence-corrected chi connectivity index (χ3v) is 7.31. The number of amides is 2. The van der Waals surface area contributed by atoms with Gasteiger partial charge in [-0.2, -0.15) is 5.10 Å². The lowest BCUT2D eigenvalue weighted by molar-refractivity contribution is -0.127. The van der Waals surface area contributed by atoms with Crippen LogP contribution in [0.4, 0.5) is 5.69 Å². The molecule has 1 aliphatic rings. The molecular weight excluding hydrogens is 494 g/mol. The molecule has 5 rings (SSSR count). The molecule has 2 aromatic heterocycles. The van der Waals surface area contributed by atoms with Crippen LogP contribution in [0.2, 0.25) is 0 Å². The molecule has 1 fully saturated rings. The minimum Gasteiger partial charge on any atom is -0.351 e. The second kappa shape index (κ2) is 11.2. The fourth-order valence-corrected chi connectivity index (χ4v) is 5.36. The van der Waals surface area contributed by atoms with E-state index >= 15 is 0 Å². The molecule has 202 valence electrons. The van der Waals surface area contributed by atoms with Gasteiger partial charge in [0.2, 0.25) is 11.8 Å². The number of carbonyl (C=O) groups is 3. The smallest absolute Gasteiger partial charge is 0.249 e. The summed E-state index contributed by atoms with van der Waals surface area (Å²) in [6.45, 7) is 3.17. The first-order valence-electron chi connectivity index (χ1n) is 13.3. The first-order valence-corrected chi connectivity index (χ1v) is 13.3. The number of para-hydroxylation sites is 1. The van der Waals surface area contributed by atoms with Crippen molar-refractivity contribution in [2.45, 2.75) is 64.6 Å². The summed E-state index contributed by atoms with van der Waals surface area (Å²) in [6.07, 6.45) is 6.87. The monoisotopic (exact) mass is 527 g/mol. The average Bonchev–Trinajstić information content (AvgIpc) is 3.49. The molecule has 0 radical (unpaired) electrons. The van der Waals surface area contributed by atoms with E-state index < -0.39 is 6.04 Å². The molecule has 1 N–H and O–H groups in total. The van der Waals surface area contributed by atoms with E-state index in [2.05, 4.69) is 20.7 Å². The third kappa shape index (κ3) is 5.59. The zero-order valence-electron chi connectivity index (χ0n) is 22.5. The van der Waals surface area contributed by atoms with Crippen LogP contribution in [0.25, 0.3) is 11.0 Å². The number of hydrogen-bond acceptors (Lipinski definition) is 6. The number of nitrogens with one attached hydrogen (secondary N) is 1. The molecule has 10 heteroatoms. The molecule has 1 atom stereocenters. The van der Waals surface area contributed by atoms with Crippen molar-refractivity contribution in [1.82, 2.24) is 30.1 Å². The van der Waals surface area contributed by atoms with Gasteiger partial charge in [-0.05, 0) is 51.0 Å². The van der Waals surface area contributed by atoms with Crippen LogP contribution in [0.1, 0.15) is 66.7 Å². The molecule has 0 aliphatic heterocycles. The summed E-state index contributed by atoms with van der Waals surface area (Å²) in [5.41, 5.74) is 3.55. The van der Waals surface area contributed by atoms with Crippen molar-refractivity contribution in [3.8, 4) is 0 Å². The van der Waals surface area contributed by atoms with Gasteiger partial charge >= 0.3 is 0 Å². The zero-order valence-corrected chi connectivity index (χ0v) is 22.5. The lowest BCUT2D eigenvalue weighted by Crippen LogP contribution is -2.48. The summed E-state index contributed by atoms with van der Waals surface area (Å²) in [7, 11) is 1.79. The second-order valence-corrected chi connectivity index (χ2v) is 10.2. The topological polar surface area (TPSA) is 115 Å².